The molecule has 2 N–H and O–H groups in total. The number of nitrogens with two attached hydrogens (primary N) is 1. The number of ether oxygens (including phenoxy) is 1. The fourth-order valence-electron chi connectivity index (χ4n) is 2.30. The fourth-order valence-corrected chi connectivity index (χ4v) is 2.30. The highest BCUT2D eigenvalue weighted by Crippen LogP contribution is 2.16. The average Bonchev–Trinajstić information content (AvgIpc) is 2.28. The van der Waals surface area contributed by atoms with Crippen molar-refractivity contribution in [1.29, 1.82) is 0 Å². The van der Waals surface area contributed by atoms with Crippen molar-refractivity contribution in [2.75, 3.05) is 26.8 Å². The Morgan fingerprint density at radius 2 is 2.00 bits per heavy atom. The van der Waals surface area contributed by atoms with E-state index in [1.165, 1.54) is 0 Å². The highest BCUT2D eigenvalue weighted by Gasteiger charge is 2.22. The Kier molecular flexibility index (Phi) is 5.92. The molecule has 1 amide bonds. The van der Waals surface area contributed by atoms with Gasteiger partial charge in [-0.1, -0.05) is 13.8 Å². The summed E-state index contributed by atoms with van der Waals surface area (Å²) in [5, 5.41) is 0. The van der Waals surface area contributed by atoms with Crippen LogP contribution in [0.4, 0.5) is 0 Å². The maximum atomic E-state index is 12.0. The zero-order chi connectivity index (χ0) is 12.8. The summed E-state index contributed by atoms with van der Waals surface area (Å²) in [5.41, 5.74) is 5.91. The standard InChI is InChI=1S/C13H26N2O2/c1-10(2)8-12(14)13(16)15(3)9-11-4-6-17-7-5-11/h10-12H,4-9,14H2,1-3H3/t12-/m0/s1. The van der Waals surface area contributed by atoms with E-state index in [4.69, 9.17) is 10.5 Å². The lowest BCUT2D eigenvalue weighted by Gasteiger charge is -2.29. The summed E-state index contributed by atoms with van der Waals surface area (Å²) in [7, 11) is 1.86. The summed E-state index contributed by atoms with van der Waals surface area (Å²) in [6.45, 7) is 6.64. The van der Waals surface area contributed by atoms with Crippen molar-refractivity contribution in [3.05, 3.63) is 0 Å². The predicted molar refractivity (Wildman–Crippen MR) is 68.6 cm³/mol. The number of carbonyl (C=O) groups is 1. The number of carbonyl (C=O) groups excluding carboxylic acids is 1. The van der Waals surface area contributed by atoms with Crippen molar-refractivity contribution in [2.24, 2.45) is 17.6 Å². The molecule has 0 aliphatic carbocycles. The number of hydrogen-bond donors (Lipinski definition) is 1. The van der Waals surface area contributed by atoms with Crippen LogP contribution in [0.2, 0.25) is 0 Å². The van der Waals surface area contributed by atoms with E-state index in [1.807, 2.05) is 7.05 Å². The minimum Gasteiger partial charge on any atom is -0.381 e. The molecule has 17 heavy (non-hydrogen) atoms. The van der Waals surface area contributed by atoms with Crippen LogP contribution < -0.4 is 5.73 Å². The van der Waals surface area contributed by atoms with Gasteiger partial charge in [0.15, 0.2) is 0 Å². The second-order valence-corrected chi connectivity index (χ2v) is 5.51. The van der Waals surface area contributed by atoms with E-state index >= 15 is 0 Å². The van der Waals surface area contributed by atoms with Gasteiger partial charge < -0.3 is 15.4 Å². The molecule has 0 aromatic heterocycles. The van der Waals surface area contributed by atoms with Crippen LogP contribution in [-0.2, 0) is 9.53 Å². The van der Waals surface area contributed by atoms with Gasteiger partial charge >= 0.3 is 0 Å². The number of likely N-dealkylation sites (N-methyl/N-ethyl adjacent to an activating group) is 1. The van der Waals surface area contributed by atoms with Crippen LogP contribution in [0.3, 0.4) is 0 Å². The van der Waals surface area contributed by atoms with Crippen LogP contribution in [0.15, 0.2) is 0 Å². The molecule has 4 heteroatoms. The van der Waals surface area contributed by atoms with E-state index in [-0.39, 0.29) is 11.9 Å². The van der Waals surface area contributed by atoms with Gasteiger partial charge in [0, 0.05) is 26.8 Å². The third kappa shape index (κ3) is 5.04. The summed E-state index contributed by atoms with van der Waals surface area (Å²) in [5.74, 6) is 1.11. The Balaban J connectivity index is 2.34. The molecule has 100 valence electrons. The summed E-state index contributed by atoms with van der Waals surface area (Å²) < 4.78 is 5.31. The Morgan fingerprint density at radius 3 is 2.53 bits per heavy atom. The second-order valence-electron chi connectivity index (χ2n) is 5.51. The lowest BCUT2D eigenvalue weighted by Crippen LogP contribution is -2.44. The molecule has 0 radical (unpaired) electrons. The first-order valence-electron chi connectivity index (χ1n) is 6.59. The summed E-state index contributed by atoms with van der Waals surface area (Å²) in [6, 6.07) is -0.347. The molecule has 1 heterocycles. The van der Waals surface area contributed by atoms with Crippen LogP contribution >= 0.6 is 0 Å². The van der Waals surface area contributed by atoms with Crippen molar-refractivity contribution < 1.29 is 9.53 Å². The first-order valence-corrected chi connectivity index (χ1v) is 6.59. The first kappa shape index (κ1) is 14.5. The molecule has 0 spiro atoms. The van der Waals surface area contributed by atoms with Gasteiger partial charge in [0.05, 0.1) is 6.04 Å². The number of rotatable bonds is 5. The van der Waals surface area contributed by atoms with E-state index in [0.717, 1.165) is 39.0 Å². The SMILES string of the molecule is CC(C)C[C@H](N)C(=O)N(C)CC1CCOCC1. The minimum atomic E-state index is -0.347. The van der Waals surface area contributed by atoms with Crippen molar-refractivity contribution in [3.8, 4) is 0 Å². The van der Waals surface area contributed by atoms with Gasteiger partial charge in [-0.25, -0.2) is 0 Å². The molecular formula is C13H26N2O2. The Bertz CT molecular complexity index is 238. The van der Waals surface area contributed by atoms with Gasteiger partial charge in [-0.05, 0) is 31.1 Å². The molecule has 1 fully saturated rings. The highest BCUT2D eigenvalue weighted by atomic mass is 16.5. The lowest BCUT2D eigenvalue weighted by atomic mass is 9.99. The maximum absolute atomic E-state index is 12.0. The van der Waals surface area contributed by atoms with E-state index in [2.05, 4.69) is 13.8 Å². The van der Waals surface area contributed by atoms with E-state index in [9.17, 15) is 4.79 Å². The molecular weight excluding hydrogens is 216 g/mol. The quantitative estimate of drug-likeness (QED) is 0.789. The Labute approximate surface area is 104 Å². The number of nitrogens with zero attached hydrogens (tertiary/aromatic N) is 1. The Hall–Kier alpha value is -0.610. The highest BCUT2D eigenvalue weighted by molar-refractivity contribution is 5.81. The van der Waals surface area contributed by atoms with Crippen molar-refractivity contribution in [3.63, 3.8) is 0 Å². The van der Waals surface area contributed by atoms with Gasteiger partial charge in [-0.15, -0.1) is 0 Å². The van der Waals surface area contributed by atoms with Crippen molar-refractivity contribution >= 4 is 5.91 Å². The summed E-state index contributed by atoms with van der Waals surface area (Å²) in [6.07, 6.45) is 2.87. The third-order valence-electron chi connectivity index (χ3n) is 3.29. The maximum Gasteiger partial charge on any atom is 0.239 e. The molecule has 1 aliphatic rings. The molecule has 1 saturated heterocycles. The fraction of sp³-hybridized carbons (Fsp3) is 0.923. The van der Waals surface area contributed by atoms with Gasteiger partial charge in [0.1, 0.15) is 0 Å². The number of hydrogen-bond acceptors (Lipinski definition) is 3. The van der Waals surface area contributed by atoms with Crippen LogP contribution in [0.5, 0.6) is 0 Å². The number of amides is 1. The smallest absolute Gasteiger partial charge is 0.239 e. The molecule has 0 unspecified atom stereocenters. The van der Waals surface area contributed by atoms with Crippen molar-refractivity contribution in [1.82, 2.24) is 4.90 Å². The molecule has 1 atom stereocenters. The zero-order valence-corrected chi connectivity index (χ0v) is 11.3. The van der Waals surface area contributed by atoms with Crippen LogP contribution in [0, 0.1) is 11.8 Å². The average molecular weight is 242 g/mol. The molecule has 0 aromatic rings. The van der Waals surface area contributed by atoms with Crippen molar-refractivity contribution in [2.45, 2.75) is 39.2 Å². The lowest BCUT2D eigenvalue weighted by molar-refractivity contribution is -0.132. The molecule has 1 rings (SSSR count). The first-order chi connectivity index (χ1) is 8.00. The molecule has 0 saturated carbocycles. The molecule has 1 aliphatic heterocycles. The predicted octanol–water partition coefficient (Wildman–Crippen LogP) is 1.24. The van der Waals surface area contributed by atoms with Gasteiger partial charge in [0.2, 0.25) is 5.91 Å². The minimum absolute atomic E-state index is 0.0743. The second kappa shape index (κ2) is 6.97. The van der Waals surface area contributed by atoms with E-state index in [1.54, 1.807) is 4.90 Å². The third-order valence-corrected chi connectivity index (χ3v) is 3.29. The Morgan fingerprint density at radius 1 is 1.41 bits per heavy atom. The summed E-state index contributed by atoms with van der Waals surface area (Å²) >= 11 is 0. The van der Waals surface area contributed by atoms with E-state index < -0.39 is 0 Å². The van der Waals surface area contributed by atoms with Crippen LogP contribution in [-0.4, -0.2) is 43.7 Å². The van der Waals surface area contributed by atoms with Crippen LogP contribution in [0.1, 0.15) is 33.1 Å². The van der Waals surface area contributed by atoms with Gasteiger partial charge in [0.25, 0.3) is 0 Å². The monoisotopic (exact) mass is 242 g/mol. The molecule has 0 aromatic carbocycles. The van der Waals surface area contributed by atoms with E-state index in [0.29, 0.717) is 11.8 Å². The zero-order valence-electron chi connectivity index (χ0n) is 11.3. The largest absolute Gasteiger partial charge is 0.381 e. The molecule has 4 nitrogen and oxygen atoms in total. The van der Waals surface area contributed by atoms with Crippen LogP contribution in [0.25, 0.3) is 0 Å². The topological polar surface area (TPSA) is 55.6 Å². The van der Waals surface area contributed by atoms with Gasteiger partial charge in [-0.2, -0.15) is 0 Å². The normalized spacial score (nSPS) is 19.4. The summed E-state index contributed by atoms with van der Waals surface area (Å²) in [4.78, 5) is 13.8. The van der Waals surface area contributed by atoms with Gasteiger partial charge in [-0.3, -0.25) is 4.79 Å². The molecule has 0 bridgehead atoms.